The summed E-state index contributed by atoms with van der Waals surface area (Å²) in [5.74, 6) is 0.726. The maximum absolute atomic E-state index is 11.2. The van der Waals surface area contributed by atoms with Crippen molar-refractivity contribution in [1.82, 2.24) is 14.8 Å². The van der Waals surface area contributed by atoms with Crippen LogP contribution in [0.2, 0.25) is 0 Å². The Bertz CT molecular complexity index is 1260. The molecule has 1 aliphatic carbocycles. The molecule has 1 aliphatic rings. The van der Waals surface area contributed by atoms with Gasteiger partial charge in [-0.1, -0.05) is 42.4 Å². The van der Waals surface area contributed by atoms with Crippen LogP contribution >= 0.6 is 12.2 Å². The van der Waals surface area contributed by atoms with Crippen molar-refractivity contribution in [3.63, 3.8) is 0 Å². The Morgan fingerprint density at radius 2 is 1.90 bits per heavy atom. The van der Waals surface area contributed by atoms with E-state index >= 15 is 0 Å². The Morgan fingerprint density at radius 3 is 2.66 bits per heavy atom. The summed E-state index contributed by atoms with van der Waals surface area (Å²) in [7, 11) is 0. The van der Waals surface area contributed by atoms with Crippen LogP contribution in [0.1, 0.15) is 31.7 Å². The number of nitrogens with zero attached hydrogens (tertiary/aromatic N) is 3. The number of allylic oxidation sites excluding steroid dienone is 4. The Balaban J connectivity index is 1.98. The summed E-state index contributed by atoms with van der Waals surface area (Å²) in [6, 6.07) is 12.0. The highest BCUT2D eigenvalue weighted by atomic mass is 32.1. The molecular formula is C23H22N4OS. The van der Waals surface area contributed by atoms with E-state index in [-0.39, 0.29) is 0 Å². The summed E-state index contributed by atoms with van der Waals surface area (Å²) in [6.07, 6.45) is 6.65. The number of aromatic amines is 1. The topological polar surface area (TPSA) is 63.0 Å². The van der Waals surface area contributed by atoms with E-state index in [1.54, 1.807) is 0 Å². The van der Waals surface area contributed by atoms with Gasteiger partial charge in [-0.15, -0.1) is 4.91 Å². The van der Waals surface area contributed by atoms with Crippen molar-refractivity contribution >= 4 is 28.6 Å². The van der Waals surface area contributed by atoms with Crippen LogP contribution in [0, 0.1) is 16.6 Å². The number of aryl methyl sites for hydroxylation is 1. The molecule has 0 saturated carbocycles. The Kier molecular flexibility index (Phi) is 5.11. The van der Waals surface area contributed by atoms with E-state index in [9.17, 15) is 4.91 Å². The Labute approximate surface area is 174 Å². The van der Waals surface area contributed by atoms with Gasteiger partial charge in [-0.05, 0) is 78.9 Å². The van der Waals surface area contributed by atoms with Crippen LogP contribution in [0.5, 0.6) is 0 Å². The lowest BCUT2D eigenvalue weighted by molar-refractivity contribution is 0.982. The number of aromatic nitrogens is 3. The third kappa shape index (κ3) is 3.40. The highest BCUT2D eigenvalue weighted by Gasteiger charge is 2.20. The molecule has 6 heteroatoms. The summed E-state index contributed by atoms with van der Waals surface area (Å²) in [6.45, 7) is 6.14. The molecule has 3 aromatic rings. The SMILES string of the molecule is CCC1=CC(N=O)C=C(C)C(c2n[nH]c(=S)n2-c2cccc3c(C)cccc23)=C1. The lowest BCUT2D eigenvalue weighted by Crippen LogP contribution is -2.03. The quantitative estimate of drug-likeness (QED) is 0.417. The van der Waals surface area contributed by atoms with Gasteiger partial charge in [0.1, 0.15) is 6.04 Å². The fourth-order valence-corrected chi connectivity index (χ4v) is 4.06. The second-order valence-corrected chi connectivity index (χ2v) is 7.62. The molecule has 0 radical (unpaired) electrons. The third-order valence-corrected chi connectivity index (χ3v) is 5.64. The van der Waals surface area contributed by atoms with Crippen molar-refractivity contribution in [2.24, 2.45) is 5.18 Å². The summed E-state index contributed by atoms with van der Waals surface area (Å²) >= 11 is 5.61. The van der Waals surface area contributed by atoms with Gasteiger partial charge in [0.25, 0.3) is 0 Å². The maximum Gasteiger partial charge on any atom is 0.200 e. The first-order chi connectivity index (χ1) is 14.0. The minimum atomic E-state index is -0.478. The van der Waals surface area contributed by atoms with Gasteiger partial charge < -0.3 is 0 Å². The summed E-state index contributed by atoms with van der Waals surface area (Å²) in [5, 5.41) is 13.0. The van der Waals surface area contributed by atoms with Crippen molar-refractivity contribution in [3.8, 4) is 5.69 Å². The number of nitrogens with one attached hydrogen (secondary N) is 1. The van der Waals surface area contributed by atoms with Crippen LogP contribution in [0.25, 0.3) is 22.0 Å². The number of rotatable bonds is 4. The number of nitroso groups, excluding NO2 is 1. The highest BCUT2D eigenvalue weighted by Crippen LogP contribution is 2.32. The molecule has 0 saturated heterocycles. The predicted octanol–water partition coefficient (Wildman–Crippen LogP) is 6.21. The van der Waals surface area contributed by atoms with E-state index in [0.29, 0.717) is 4.77 Å². The van der Waals surface area contributed by atoms with Crippen LogP contribution < -0.4 is 0 Å². The molecule has 1 aromatic heterocycles. The van der Waals surface area contributed by atoms with Crippen molar-refractivity contribution in [2.45, 2.75) is 33.2 Å². The first kappa shape index (κ1) is 19.2. The van der Waals surface area contributed by atoms with E-state index in [1.165, 1.54) is 10.9 Å². The molecule has 0 bridgehead atoms. The number of benzene rings is 2. The van der Waals surface area contributed by atoms with Crippen molar-refractivity contribution in [1.29, 1.82) is 0 Å². The van der Waals surface area contributed by atoms with Crippen LogP contribution in [0.3, 0.4) is 0 Å². The number of H-pyrrole nitrogens is 1. The van der Waals surface area contributed by atoms with E-state index in [2.05, 4.69) is 65.6 Å². The largest absolute Gasteiger partial charge is 0.268 e. The van der Waals surface area contributed by atoms with Gasteiger partial charge in [0.2, 0.25) is 0 Å². The molecule has 0 aliphatic heterocycles. The molecule has 4 rings (SSSR count). The molecule has 146 valence electrons. The van der Waals surface area contributed by atoms with Crippen LogP contribution in [0.15, 0.2) is 70.9 Å². The summed E-state index contributed by atoms with van der Waals surface area (Å²) in [5.41, 5.74) is 5.11. The smallest absolute Gasteiger partial charge is 0.200 e. The van der Waals surface area contributed by atoms with Gasteiger partial charge in [-0.2, -0.15) is 5.10 Å². The van der Waals surface area contributed by atoms with Crippen molar-refractivity contribution in [3.05, 3.63) is 86.8 Å². The van der Waals surface area contributed by atoms with Crippen LogP contribution in [-0.4, -0.2) is 20.8 Å². The molecule has 1 N–H and O–H groups in total. The first-order valence-corrected chi connectivity index (χ1v) is 10.0. The second-order valence-electron chi connectivity index (χ2n) is 7.23. The zero-order valence-electron chi connectivity index (χ0n) is 16.6. The third-order valence-electron chi connectivity index (χ3n) is 5.36. The standard InChI is InChI=1S/C23H22N4OS/c1-4-16-12-17(26-28)11-15(3)20(13-16)22-24-25-23(29)27(22)21-10-6-8-18-14(2)7-5-9-19(18)21/h5-13,17H,4H2,1-3H3,(H,25,29). The van der Waals surface area contributed by atoms with E-state index in [0.717, 1.165) is 40.0 Å². The molecule has 5 nitrogen and oxygen atoms in total. The minimum absolute atomic E-state index is 0.478. The average molecular weight is 403 g/mol. The lowest BCUT2D eigenvalue weighted by atomic mass is 10.0. The summed E-state index contributed by atoms with van der Waals surface area (Å²) < 4.78 is 2.50. The molecule has 0 spiro atoms. The molecule has 1 atom stereocenters. The zero-order chi connectivity index (χ0) is 20.5. The van der Waals surface area contributed by atoms with Gasteiger partial charge in [-0.3, -0.25) is 9.67 Å². The maximum atomic E-state index is 11.2. The molecule has 29 heavy (non-hydrogen) atoms. The number of fused-ring (bicyclic) bond motifs is 1. The van der Waals surface area contributed by atoms with E-state index in [4.69, 9.17) is 12.2 Å². The van der Waals surface area contributed by atoms with Gasteiger partial charge in [0, 0.05) is 11.0 Å². The average Bonchev–Trinajstić information content (AvgIpc) is 3.01. The van der Waals surface area contributed by atoms with Crippen LogP contribution in [-0.2, 0) is 0 Å². The predicted molar refractivity (Wildman–Crippen MR) is 121 cm³/mol. The minimum Gasteiger partial charge on any atom is -0.268 e. The molecule has 0 fully saturated rings. The van der Waals surface area contributed by atoms with Crippen LogP contribution in [0.4, 0.5) is 0 Å². The second kappa shape index (κ2) is 7.72. The summed E-state index contributed by atoms with van der Waals surface area (Å²) in [4.78, 5) is 11.2. The molecular weight excluding hydrogens is 380 g/mol. The zero-order valence-corrected chi connectivity index (χ0v) is 17.5. The first-order valence-electron chi connectivity index (χ1n) is 9.63. The van der Waals surface area contributed by atoms with Gasteiger partial charge in [0.05, 0.1) is 5.69 Å². The van der Waals surface area contributed by atoms with E-state index in [1.807, 2.05) is 29.7 Å². The Morgan fingerprint density at radius 1 is 1.14 bits per heavy atom. The van der Waals surface area contributed by atoms with Crippen molar-refractivity contribution in [2.75, 3.05) is 0 Å². The van der Waals surface area contributed by atoms with E-state index < -0.39 is 6.04 Å². The monoisotopic (exact) mass is 402 g/mol. The van der Waals surface area contributed by atoms with Gasteiger partial charge in [-0.25, -0.2) is 0 Å². The Hall–Kier alpha value is -3.12. The molecule has 1 unspecified atom stereocenters. The molecule has 1 heterocycles. The molecule has 0 amide bonds. The lowest BCUT2D eigenvalue weighted by Gasteiger charge is -2.14. The normalized spacial score (nSPS) is 16.8. The fraction of sp³-hybridized carbons (Fsp3) is 0.217. The number of hydrogen-bond donors (Lipinski definition) is 1. The van der Waals surface area contributed by atoms with Gasteiger partial charge >= 0.3 is 0 Å². The fourth-order valence-electron chi connectivity index (χ4n) is 3.83. The number of hydrogen-bond acceptors (Lipinski definition) is 4. The molecule has 2 aromatic carbocycles. The highest BCUT2D eigenvalue weighted by molar-refractivity contribution is 7.71. The van der Waals surface area contributed by atoms with Crippen molar-refractivity contribution < 1.29 is 0 Å². The van der Waals surface area contributed by atoms with Gasteiger partial charge in [0.15, 0.2) is 10.6 Å².